The maximum Gasteiger partial charge on any atom is 0.293 e. The Morgan fingerprint density at radius 3 is 3.14 bits per heavy atom. The molecule has 0 bridgehead atoms. The van der Waals surface area contributed by atoms with Crippen molar-refractivity contribution in [2.24, 2.45) is 7.05 Å². The van der Waals surface area contributed by atoms with Crippen LogP contribution in [-0.4, -0.2) is 16.1 Å². The Hall–Kier alpha value is -1.58. The van der Waals surface area contributed by atoms with Gasteiger partial charge in [-0.3, -0.25) is 4.79 Å². The topological polar surface area (TPSA) is 46.9 Å². The fraction of sp³-hybridized carbons (Fsp3) is 0.400. The molecular weight excluding hydrogens is 178 g/mol. The van der Waals surface area contributed by atoms with E-state index in [4.69, 9.17) is 0 Å². The summed E-state index contributed by atoms with van der Waals surface area (Å²) in [6.45, 7) is 2.70. The van der Waals surface area contributed by atoms with Crippen LogP contribution >= 0.6 is 0 Å². The summed E-state index contributed by atoms with van der Waals surface area (Å²) in [4.78, 5) is 15.4. The molecule has 0 spiro atoms. The molecule has 0 amide bonds. The van der Waals surface area contributed by atoms with E-state index in [1.807, 2.05) is 19.1 Å². The summed E-state index contributed by atoms with van der Waals surface area (Å²) in [6.07, 6.45) is 8.17. The first-order valence-corrected chi connectivity index (χ1v) is 4.62. The maximum absolute atomic E-state index is 11.5. The molecule has 1 aromatic rings. The van der Waals surface area contributed by atoms with E-state index in [0.717, 1.165) is 13.0 Å². The molecule has 0 saturated heterocycles. The van der Waals surface area contributed by atoms with Gasteiger partial charge in [-0.25, -0.2) is 4.98 Å². The molecule has 0 atom stereocenters. The first-order chi connectivity index (χ1) is 6.75. The van der Waals surface area contributed by atoms with E-state index in [1.54, 1.807) is 19.4 Å². The van der Waals surface area contributed by atoms with Gasteiger partial charge >= 0.3 is 0 Å². The molecule has 1 aromatic heterocycles. The van der Waals surface area contributed by atoms with Crippen LogP contribution in [0.3, 0.4) is 0 Å². The molecule has 0 aliphatic heterocycles. The van der Waals surface area contributed by atoms with Crippen LogP contribution in [0.2, 0.25) is 0 Å². The Morgan fingerprint density at radius 1 is 1.64 bits per heavy atom. The summed E-state index contributed by atoms with van der Waals surface area (Å²) in [5.74, 6) is 0.416. The molecule has 76 valence electrons. The van der Waals surface area contributed by atoms with Crippen LogP contribution in [0.1, 0.15) is 13.3 Å². The van der Waals surface area contributed by atoms with E-state index in [-0.39, 0.29) is 5.56 Å². The van der Waals surface area contributed by atoms with Gasteiger partial charge in [0.05, 0.1) is 0 Å². The zero-order valence-electron chi connectivity index (χ0n) is 8.53. The highest BCUT2D eigenvalue weighted by atomic mass is 16.1. The van der Waals surface area contributed by atoms with Crippen molar-refractivity contribution in [3.8, 4) is 0 Å². The van der Waals surface area contributed by atoms with Gasteiger partial charge in [0.2, 0.25) is 0 Å². The first kappa shape index (κ1) is 10.5. The van der Waals surface area contributed by atoms with Crippen molar-refractivity contribution in [2.75, 3.05) is 11.9 Å². The molecule has 1 heterocycles. The third kappa shape index (κ3) is 2.73. The van der Waals surface area contributed by atoms with Gasteiger partial charge in [-0.2, -0.15) is 0 Å². The van der Waals surface area contributed by atoms with Gasteiger partial charge in [0.25, 0.3) is 5.56 Å². The molecule has 1 N–H and O–H groups in total. The Morgan fingerprint density at radius 2 is 2.43 bits per heavy atom. The molecule has 1 rings (SSSR count). The van der Waals surface area contributed by atoms with Crippen LogP contribution in [0.25, 0.3) is 0 Å². The summed E-state index contributed by atoms with van der Waals surface area (Å²) in [5, 5.41) is 2.99. The molecule has 14 heavy (non-hydrogen) atoms. The summed E-state index contributed by atoms with van der Waals surface area (Å²) >= 11 is 0. The Balaban J connectivity index is 2.59. The number of hydrogen-bond acceptors (Lipinski definition) is 3. The quantitative estimate of drug-likeness (QED) is 0.576. The molecule has 0 aliphatic rings. The van der Waals surface area contributed by atoms with Gasteiger partial charge in [-0.05, 0) is 13.3 Å². The van der Waals surface area contributed by atoms with E-state index in [9.17, 15) is 4.79 Å². The molecule has 0 unspecified atom stereocenters. The molecular formula is C10H15N3O. The third-order valence-electron chi connectivity index (χ3n) is 1.86. The van der Waals surface area contributed by atoms with E-state index in [1.165, 1.54) is 4.57 Å². The number of nitrogens with zero attached hydrogens (tertiary/aromatic N) is 2. The van der Waals surface area contributed by atoms with Gasteiger partial charge in [0, 0.05) is 26.0 Å². The fourth-order valence-corrected chi connectivity index (χ4v) is 1.06. The van der Waals surface area contributed by atoms with Crippen LogP contribution in [0.5, 0.6) is 0 Å². The lowest BCUT2D eigenvalue weighted by Gasteiger charge is -2.03. The molecule has 4 heteroatoms. The minimum Gasteiger partial charge on any atom is -0.365 e. The molecule has 4 nitrogen and oxygen atoms in total. The van der Waals surface area contributed by atoms with Crippen molar-refractivity contribution in [1.29, 1.82) is 0 Å². The molecule has 0 saturated carbocycles. The lowest BCUT2D eigenvalue weighted by atomic mass is 10.4. The third-order valence-corrected chi connectivity index (χ3v) is 1.86. The maximum atomic E-state index is 11.5. The zero-order chi connectivity index (χ0) is 10.4. The SMILES string of the molecule is C/C=C/CCNc1nccn(C)c1=O. The van der Waals surface area contributed by atoms with E-state index < -0.39 is 0 Å². The van der Waals surface area contributed by atoms with Crippen molar-refractivity contribution in [3.05, 3.63) is 34.9 Å². The second-order valence-corrected chi connectivity index (χ2v) is 2.98. The Bertz CT molecular complexity index is 368. The molecule has 0 fully saturated rings. The standard InChI is InChI=1S/C10H15N3O/c1-3-4-5-6-11-9-10(14)13(2)8-7-12-9/h3-4,7-8H,5-6H2,1-2H3,(H,11,12)/b4-3+. The van der Waals surface area contributed by atoms with Crippen molar-refractivity contribution in [1.82, 2.24) is 9.55 Å². The largest absolute Gasteiger partial charge is 0.365 e. The first-order valence-electron chi connectivity index (χ1n) is 4.62. The minimum absolute atomic E-state index is 0.0898. The number of rotatable bonds is 4. The van der Waals surface area contributed by atoms with E-state index in [0.29, 0.717) is 5.82 Å². The second kappa shape index (κ2) is 5.21. The average molecular weight is 193 g/mol. The van der Waals surface area contributed by atoms with Gasteiger partial charge in [0.1, 0.15) is 0 Å². The zero-order valence-corrected chi connectivity index (χ0v) is 8.53. The van der Waals surface area contributed by atoms with Gasteiger partial charge in [0.15, 0.2) is 5.82 Å². The highest BCUT2D eigenvalue weighted by Crippen LogP contribution is 1.92. The summed E-state index contributed by atoms with van der Waals surface area (Å²) < 4.78 is 1.50. The predicted molar refractivity (Wildman–Crippen MR) is 57.4 cm³/mol. The van der Waals surface area contributed by atoms with Gasteiger partial charge < -0.3 is 9.88 Å². The van der Waals surface area contributed by atoms with Crippen LogP contribution < -0.4 is 10.9 Å². The van der Waals surface area contributed by atoms with Crippen LogP contribution in [0, 0.1) is 0 Å². The molecule has 0 aliphatic carbocycles. The fourth-order valence-electron chi connectivity index (χ4n) is 1.06. The second-order valence-electron chi connectivity index (χ2n) is 2.98. The summed E-state index contributed by atoms with van der Waals surface area (Å²) in [6, 6.07) is 0. The van der Waals surface area contributed by atoms with Crippen LogP contribution in [-0.2, 0) is 7.05 Å². The van der Waals surface area contributed by atoms with Gasteiger partial charge in [-0.1, -0.05) is 12.2 Å². The van der Waals surface area contributed by atoms with Crippen LogP contribution in [0.15, 0.2) is 29.3 Å². The number of hydrogen-bond donors (Lipinski definition) is 1. The highest BCUT2D eigenvalue weighted by molar-refractivity contribution is 5.30. The smallest absolute Gasteiger partial charge is 0.293 e. The van der Waals surface area contributed by atoms with Crippen molar-refractivity contribution in [3.63, 3.8) is 0 Å². The Labute approximate surface area is 83.3 Å². The Kier molecular flexibility index (Phi) is 3.91. The van der Waals surface area contributed by atoms with E-state index in [2.05, 4.69) is 10.3 Å². The van der Waals surface area contributed by atoms with Crippen molar-refractivity contribution in [2.45, 2.75) is 13.3 Å². The monoisotopic (exact) mass is 193 g/mol. The summed E-state index contributed by atoms with van der Waals surface area (Å²) in [7, 11) is 1.71. The summed E-state index contributed by atoms with van der Waals surface area (Å²) in [5.41, 5.74) is -0.0898. The highest BCUT2D eigenvalue weighted by Gasteiger charge is 1.99. The number of aryl methyl sites for hydroxylation is 1. The lowest BCUT2D eigenvalue weighted by molar-refractivity contribution is 0.838. The number of allylic oxidation sites excluding steroid dienone is 1. The van der Waals surface area contributed by atoms with E-state index >= 15 is 0 Å². The predicted octanol–water partition coefficient (Wildman–Crippen LogP) is 1.16. The normalized spacial score (nSPS) is 10.7. The van der Waals surface area contributed by atoms with Crippen molar-refractivity contribution < 1.29 is 0 Å². The average Bonchev–Trinajstić information content (AvgIpc) is 2.19. The number of aromatic nitrogens is 2. The lowest BCUT2D eigenvalue weighted by Crippen LogP contribution is -2.22. The number of anilines is 1. The molecule has 0 radical (unpaired) electrons. The van der Waals surface area contributed by atoms with Crippen molar-refractivity contribution >= 4 is 5.82 Å². The number of nitrogens with one attached hydrogen (secondary N) is 1. The van der Waals surface area contributed by atoms with Gasteiger partial charge in [-0.15, -0.1) is 0 Å². The minimum atomic E-state index is -0.0898. The van der Waals surface area contributed by atoms with Crippen LogP contribution in [0.4, 0.5) is 5.82 Å². The molecule has 0 aromatic carbocycles.